The lowest BCUT2D eigenvalue weighted by Crippen LogP contribution is -2.21. The highest BCUT2D eigenvalue weighted by molar-refractivity contribution is 5.08. The van der Waals surface area contributed by atoms with Crippen molar-refractivity contribution in [2.24, 2.45) is 0 Å². The van der Waals surface area contributed by atoms with Crippen LogP contribution in [0.25, 0.3) is 0 Å². The largest absolute Gasteiger partial charge is 0.380 e. The summed E-state index contributed by atoms with van der Waals surface area (Å²) in [6.45, 7) is 11.8. The zero-order chi connectivity index (χ0) is 8.69. The molecule has 0 heterocycles. The van der Waals surface area contributed by atoms with E-state index in [1.54, 1.807) is 6.08 Å². The van der Waals surface area contributed by atoms with Gasteiger partial charge in [-0.2, -0.15) is 0 Å². The summed E-state index contributed by atoms with van der Waals surface area (Å²) in [6.07, 6.45) is 1.74. The molecule has 0 fully saturated rings. The van der Waals surface area contributed by atoms with Crippen LogP contribution in [-0.4, -0.2) is 31.7 Å². The van der Waals surface area contributed by atoms with Crippen LogP contribution in [0.3, 0.4) is 0 Å². The molecule has 0 bridgehead atoms. The average Bonchev–Trinajstić information content (AvgIpc) is 2.03. The Hall–Kier alpha value is -0.760. The number of hydrogen-bond acceptors (Lipinski definition) is 2. The maximum absolute atomic E-state index is 5.18. The van der Waals surface area contributed by atoms with E-state index in [1.165, 1.54) is 0 Å². The molecule has 0 saturated heterocycles. The molecule has 2 nitrogen and oxygen atoms in total. The van der Waals surface area contributed by atoms with Crippen molar-refractivity contribution in [1.82, 2.24) is 4.90 Å². The minimum absolute atomic E-state index is 0.750. The number of likely N-dealkylation sites (N-methyl/N-ethyl adjacent to an activating group) is 1. The first-order valence-electron chi connectivity index (χ1n) is 3.82. The molecule has 0 unspecified atom stereocenters. The van der Waals surface area contributed by atoms with E-state index in [-0.39, 0.29) is 0 Å². The lowest BCUT2D eigenvalue weighted by Gasteiger charge is -2.18. The summed E-state index contributed by atoms with van der Waals surface area (Å²) in [7, 11) is 1.98. The second-order valence-electron chi connectivity index (χ2n) is 2.31. The van der Waals surface area contributed by atoms with Gasteiger partial charge in [0.05, 0.1) is 6.61 Å². The maximum Gasteiger partial charge on any atom is 0.0641 e. The molecule has 0 N–H and O–H groups in total. The van der Waals surface area contributed by atoms with Gasteiger partial charge in [0, 0.05) is 25.9 Å². The molecule has 0 aromatic heterocycles. The molecule has 0 rings (SSSR count). The van der Waals surface area contributed by atoms with Crippen molar-refractivity contribution >= 4 is 0 Å². The third kappa shape index (κ3) is 4.62. The van der Waals surface area contributed by atoms with Crippen molar-refractivity contribution in [2.75, 3.05) is 26.8 Å². The number of rotatable bonds is 6. The molecule has 2 heteroatoms. The van der Waals surface area contributed by atoms with Crippen LogP contribution in [0.5, 0.6) is 0 Å². The molecular weight excluding hydrogens is 138 g/mol. The molecule has 0 atom stereocenters. The van der Waals surface area contributed by atoms with Gasteiger partial charge < -0.3 is 9.64 Å². The van der Waals surface area contributed by atoms with Gasteiger partial charge in [-0.15, -0.1) is 0 Å². The summed E-state index contributed by atoms with van der Waals surface area (Å²) < 4.78 is 5.18. The van der Waals surface area contributed by atoms with Crippen molar-refractivity contribution < 1.29 is 4.74 Å². The van der Waals surface area contributed by atoms with E-state index in [0.29, 0.717) is 0 Å². The SMILES string of the molecule is C=CC(=C)N(C)CCOCC. The molecule has 0 aromatic carbocycles. The van der Waals surface area contributed by atoms with Gasteiger partial charge >= 0.3 is 0 Å². The monoisotopic (exact) mass is 155 g/mol. The zero-order valence-corrected chi connectivity index (χ0v) is 7.47. The second kappa shape index (κ2) is 5.98. The van der Waals surface area contributed by atoms with Gasteiger partial charge in [-0.25, -0.2) is 0 Å². The van der Waals surface area contributed by atoms with E-state index in [2.05, 4.69) is 13.2 Å². The Balaban J connectivity index is 3.43. The highest BCUT2D eigenvalue weighted by Crippen LogP contribution is 1.97. The Morgan fingerprint density at radius 2 is 2.27 bits per heavy atom. The quantitative estimate of drug-likeness (QED) is 0.427. The molecule has 0 saturated carbocycles. The van der Waals surface area contributed by atoms with Crippen LogP contribution in [0, 0.1) is 0 Å². The zero-order valence-electron chi connectivity index (χ0n) is 7.47. The molecule has 0 aliphatic heterocycles. The minimum Gasteiger partial charge on any atom is -0.380 e. The van der Waals surface area contributed by atoms with Crippen molar-refractivity contribution in [2.45, 2.75) is 6.92 Å². The van der Waals surface area contributed by atoms with E-state index in [1.807, 2.05) is 18.9 Å². The normalized spacial score (nSPS) is 9.27. The van der Waals surface area contributed by atoms with Gasteiger partial charge in [0.1, 0.15) is 0 Å². The van der Waals surface area contributed by atoms with Crippen molar-refractivity contribution in [1.29, 1.82) is 0 Å². The van der Waals surface area contributed by atoms with Crippen LogP contribution in [0.15, 0.2) is 24.9 Å². The van der Waals surface area contributed by atoms with E-state index >= 15 is 0 Å². The van der Waals surface area contributed by atoms with Gasteiger partial charge in [-0.3, -0.25) is 0 Å². The summed E-state index contributed by atoms with van der Waals surface area (Å²) in [4.78, 5) is 2.02. The second-order valence-corrected chi connectivity index (χ2v) is 2.31. The first kappa shape index (κ1) is 10.2. The Kier molecular flexibility index (Phi) is 5.57. The van der Waals surface area contributed by atoms with Crippen molar-refractivity contribution in [3.8, 4) is 0 Å². The third-order valence-electron chi connectivity index (χ3n) is 1.50. The fraction of sp³-hybridized carbons (Fsp3) is 0.556. The lowest BCUT2D eigenvalue weighted by molar-refractivity contribution is 0.131. The summed E-state index contributed by atoms with van der Waals surface area (Å²) in [6, 6.07) is 0. The van der Waals surface area contributed by atoms with Crippen LogP contribution in [0.1, 0.15) is 6.92 Å². The van der Waals surface area contributed by atoms with Crippen LogP contribution < -0.4 is 0 Å². The molecule has 0 radical (unpaired) electrons. The lowest BCUT2D eigenvalue weighted by atomic mass is 10.4. The van der Waals surface area contributed by atoms with Crippen LogP contribution in [-0.2, 0) is 4.74 Å². The van der Waals surface area contributed by atoms with Gasteiger partial charge in [-0.05, 0) is 13.0 Å². The van der Waals surface area contributed by atoms with Crippen LogP contribution in [0.4, 0.5) is 0 Å². The predicted octanol–water partition coefficient (Wildman–Crippen LogP) is 1.65. The molecule has 11 heavy (non-hydrogen) atoms. The summed E-state index contributed by atoms with van der Waals surface area (Å²) in [5, 5.41) is 0. The number of hydrogen-bond donors (Lipinski definition) is 0. The average molecular weight is 155 g/mol. The molecule has 0 spiro atoms. The Labute approximate surface area is 69.2 Å². The molecule has 0 aromatic rings. The van der Waals surface area contributed by atoms with E-state index < -0.39 is 0 Å². The number of allylic oxidation sites excluding steroid dienone is 1. The van der Waals surface area contributed by atoms with Crippen LogP contribution >= 0.6 is 0 Å². The fourth-order valence-electron chi connectivity index (χ4n) is 0.645. The van der Waals surface area contributed by atoms with Gasteiger partial charge in [-0.1, -0.05) is 13.2 Å². The standard InChI is InChI=1S/C9H17NO/c1-5-9(3)10(4)7-8-11-6-2/h5H,1,3,6-8H2,2,4H3. The van der Waals surface area contributed by atoms with Gasteiger partial charge in [0.2, 0.25) is 0 Å². The molecular formula is C9H17NO. The van der Waals surface area contributed by atoms with E-state index in [0.717, 1.165) is 25.5 Å². The number of ether oxygens (including phenoxy) is 1. The highest BCUT2D eigenvalue weighted by Gasteiger charge is 1.95. The Morgan fingerprint density at radius 3 is 2.73 bits per heavy atom. The van der Waals surface area contributed by atoms with E-state index in [4.69, 9.17) is 4.74 Å². The van der Waals surface area contributed by atoms with Crippen molar-refractivity contribution in [3.63, 3.8) is 0 Å². The maximum atomic E-state index is 5.18. The predicted molar refractivity (Wildman–Crippen MR) is 48.5 cm³/mol. The molecule has 0 amide bonds. The summed E-state index contributed by atoms with van der Waals surface area (Å²) >= 11 is 0. The first-order chi connectivity index (χ1) is 5.22. The highest BCUT2D eigenvalue weighted by atomic mass is 16.5. The van der Waals surface area contributed by atoms with Gasteiger partial charge in [0.25, 0.3) is 0 Å². The fourth-order valence-corrected chi connectivity index (χ4v) is 0.645. The first-order valence-corrected chi connectivity index (χ1v) is 3.82. The smallest absolute Gasteiger partial charge is 0.0641 e. The molecule has 0 aliphatic carbocycles. The molecule has 0 aliphatic rings. The summed E-state index contributed by atoms with van der Waals surface area (Å²) in [5.41, 5.74) is 0.935. The third-order valence-corrected chi connectivity index (χ3v) is 1.50. The molecule has 64 valence electrons. The van der Waals surface area contributed by atoms with Crippen LogP contribution in [0.2, 0.25) is 0 Å². The number of nitrogens with zero attached hydrogens (tertiary/aromatic N) is 1. The Bertz CT molecular complexity index is 132. The van der Waals surface area contributed by atoms with E-state index in [9.17, 15) is 0 Å². The summed E-state index contributed by atoms with van der Waals surface area (Å²) in [5.74, 6) is 0. The Morgan fingerprint density at radius 1 is 1.64 bits per heavy atom. The topological polar surface area (TPSA) is 12.5 Å². The minimum atomic E-state index is 0.750. The van der Waals surface area contributed by atoms with Crippen molar-refractivity contribution in [3.05, 3.63) is 24.9 Å². The van der Waals surface area contributed by atoms with Gasteiger partial charge in [0.15, 0.2) is 0 Å².